The normalized spacial score (nSPS) is 14.8. The lowest BCUT2D eigenvalue weighted by atomic mass is 10.2. The van der Waals surface area contributed by atoms with E-state index in [4.69, 9.17) is 0 Å². The molecule has 0 saturated heterocycles. The summed E-state index contributed by atoms with van der Waals surface area (Å²) in [5, 5.41) is 6.49. The summed E-state index contributed by atoms with van der Waals surface area (Å²) in [4.78, 5) is 7.13. The molecule has 1 atom stereocenters. The van der Waals surface area contributed by atoms with E-state index in [1.54, 1.807) is 0 Å². The molecule has 0 fully saturated rings. The van der Waals surface area contributed by atoms with Gasteiger partial charge in [0.05, 0.1) is 6.54 Å². The molecule has 0 aromatic heterocycles. The molecule has 4 nitrogen and oxygen atoms in total. The molecule has 1 aromatic rings. The van der Waals surface area contributed by atoms with E-state index in [1.165, 1.54) is 11.3 Å². The van der Waals surface area contributed by atoms with Crippen molar-refractivity contribution in [1.29, 1.82) is 0 Å². The molecule has 0 aliphatic carbocycles. The minimum atomic E-state index is 0. The minimum absolute atomic E-state index is 0. The van der Waals surface area contributed by atoms with Gasteiger partial charge in [-0.2, -0.15) is 0 Å². The van der Waals surface area contributed by atoms with E-state index in [1.807, 2.05) is 6.08 Å². The Morgan fingerprint density at radius 3 is 2.91 bits per heavy atom. The summed E-state index contributed by atoms with van der Waals surface area (Å²) >= 11 is 0. The Labute approximate surface area is 151 Å². The van der Waals surface area contributed by atoms with E-state index in [2.05, 4.69) is 65.2 Å². The summed E-state index contributed by atoms with van der Waals surface area (Å²) < 4.78 is 0. The summed E-state index contributed by atoms with van der Waals surface area (Å²) in [6.45, 7) is 11.5. The van der Waals surface area contributed by atoms with Crippen molar-refractivity contribution in [3.8, 4) is 0 Å². The summed E-state index contributed by atoms with van der Waals surface area (Å²) in [5.74, 6) is 0.858. The van der Waals surface area contributed by atoms with Crippen LogP contribution in [0.15, 0.2) is 41.9 Å². The maximum Gasteiger partial charge on any atom is 0.191 e. The molecule has 1 aliphatic heterocycles. The highest BCUT2D eigenvalue weighted by atomic mass is 127. The SMILES string of the molecule is C=CCNC(=NCC(C)N1CCc2ccccc21)NCC.I. The van der Waals surface area contributed by atoms with Crippen molar-refractivity contribution >= 4 is 35.6 Å². The monoisotopic (exact) mass is 414 g/mol. The standard InChI is InChI=1S/C17H26N4.HI/c1-4-11-19-17(18-5-2)20-13-14(3)21-12-10-15-8-6-7-9-16(15)21;/h4,6-9,14H,1,5,10-13H2,2-3H3,(H2,18,19,20);1H. The van der Waals surface area contributed by atoms with Gasteiger partial charge in [-0.1, -0.05) is 24.3 Å². The molecule has 0 amide bonds. The van der Waals surface area contributed by atoms with Gasteiger partial charge in [-0.05, 0) is 31.9 Å². The Bertz CT molecular complexity index is 501. The number of anilines is 1. The van der Waals surface area contributed by atoms with Gasteiger partial charge in [-0.3, -0.25) is 4.99 Å². The molecule has 122 valence electrons. The predicted molar refractivity (Wildman–Crippen MR) is 107 cm³/mol. The maximum atomic E-state index is 4.67. The fourth-order valence-corrected chi connectivity index (χ4v) is 2.65. The minimum Gasteiger partial charge on any atom is -0.366 e. The Morgan fingerprint density at radius 1 is 1.41 bits per heavy atom. The molecule has 0 bridgehead atoms. The van der Waals surface area contributed by atoms with Crippen molar-refractivity contribution in [1.82, 2.24) is 10.6 Å². The molecule has 22 heavy (non-hydrogen) atoms. The lowest BCUT2D eigenvalue weighted by Crippen LogP contribution is -2.39. The average Bonchev–Trinajstić information content (AvgIpc) is 2.94. The zero-order valence-electron chi connectivity index (χ0n) is 13.5. The van der Waals surface area contributed by atoms with Crippen LogP contribution in [-0.4, -0.2) is 38.2 Å². The number of nitrogens with zero attached hydrogens (tertiary/aromatic N) is 2. The quantitative estimate of drug-likeness (QED) is 0.326. The number of rotatable bonds is 6. The van der Waals surface area contributed by atoms with Gasteiger partial charge < -0.3 is 15.5 Å². The van der Waals surface area contributed by atoms with Crippen LogP contribution in [0.2, 0.25) is 0 Å². The van der Waals surface area contributed by atoms with Crippen molar-refractivity contribution in [2.45, 2.75) is 26.3 Å². The van der Waals surface area contributed by atoms with E-state index in [-0.39, 0.29) is 24.0 Å². The predicted octanol–water partition coefficient (Wildman–Crippen LogP) is 2.80. The van der Waals surface area contributed by atoms with Gasteiger partial charge in [0.15, 0.2) is 5.96 Å². The van der Waals surface area contributed by atoms with Gasteiger partial charge in [0.2, 0.25) is 0 Å². The molecule has 0 saturated carbocycles. The highest BCUT2D eigenvalue weighted by Gasteiger charge is 2.22. The van der Waals surface area contributed by atoms with Crippen molar-refractivity contribution in [2.24, 2.45) is 4.99 Å². The van der Waals surface area contributed by atoms with Crippen LogP contribution in [0.5, 0.6) is 0 Å². The second-order valence-corrected chi connectivity index (χ2v) is 5.31. The van der Waals surface area contributed by atoms with Crippen molar-refractivity contribution in [2.75, 3.05) is 31.1 Å². The molecule has 0 spiro atoms. The third-order valence-corrected chi connectivity index (χ3v) is 3.73. The second kappa shape index (κ2) is 9.71. The lowest BCUT2D eigenvalue weighted by Gasteiger charge is -2.26. The van der Waals surface area contributed by atoms with E-state index in [0.29, 0.717) is 6.04 Å². The number of hydrogen-bond donors (Lipinski definition) is 2. The van der Waals surface area contributed by atoms with Gasteiger partial charge >= 0.3 is 0 Å². The molecule has 1 aromatic carbocycles. The maximum absolute atomic E-state index is 4.67. The molecular weight excluding hydrogens is 387 g/mol. The first-order chi connectivity index (χ1) is 10.3. The van der Waals surface area contributed by atoms with Gasteiger partial charge in [-0.15, -0.1) is 30.6 Å². The number of nitrogens with one attached hydrogen (secondary N) is 2. The Hall–Kier alpha value is -1.24. The van der Waals surface area contributed by atoms with Crippen LogP contribution in [0, 0.1) is 0 Å². The van der Waals surface area contributed by atoms with E-state index < -0.39 is 0 Å². The molecule has 1 aliphatic rings. The number of guanidine groups is 1. The van der Waals surface area contributed by atoms with Crippen LogP contribution in [0.3, 0.4) is 0 Å². The van der Waals surface area contributed by atoms with Gasteiger partial charge in [0, 0.05) is 31.4 Å². The first kappa shape index (κ1) is 18.8. The Morgan fingerprint density at radius 2 is 2.18 bits per heavy atom. The van der Waals surface area contributed by atoms with Crippen LogP contribution in [0.25, 0.3) is 0 Å². The number of para-hydroxylation sites is 1. The number of aliphatic imine (C=N–C) groups is 1. The summed E-state index contributed by atoms with van der Waals surface area (Å²) in [5.41, 5.74) is 2.81. The van der Waals surface area contributed by atoms with Gasteiger partial charge in [0.25, 0.3) is 0 Å². The topological polar surface area (TPSA) is 39.7 Å². The molecule has 1 heterocycles. The number of fused-ring (bicyclic) bond motifs is 1. The van der Waals surface area contributed by atoms with Gasteiger partial charge in [-0.25, -0.2) is 0 Å². The van der Waals surface area contributed by atoms with Crippen LogP contribution >= 0.6 is 24.0 Å². The first-order valence-electron chi connectivity index (χ1n) is 7.74. The number of halogens is 1. The molecule has 5 heteroatoms. The Balaban J connectivity index is 0.00000242. The lowest BCUT2D eigenvalue weighted by molar-refractivity contribution is 0.659. The second-order valence-electron chi connectivity index (χ2n) is 5.31. The zero-order valence-corrected chi connectivity index (χ0v) is 15.8. The molecule has 0 radical (unpaired) electrons. The summed E-state index contributed by atoms with van der Waals surface area (Å²) in [6, 6.07) is 9.06. The van der Waals surface area contributed by atoms with Crippen molar-refractivity contribution < 1.29 is 0 Å². The van der Waals surface area contributed by atoms with Crippen molar-refractivity contribution in [3.05, 3.63) is 42.5 Å². The van der Waals surface area contributed by atoms with Crippen LogP contribution in [0.1, 0.15) is 19.4 Å². The fourth-order valence-electron chi connectivity index (χ4n) is 2.65. The third-order valence-electron chi connectivity index (χ3n) is 3.73. The van der Waals surface area contributed by atoms with Crippen LogP contribution in [-0.2, 0) is 6.42 Å². The summed E-state index contributed by atoms with van der Waals surface area (Å²) in [6.07, 6.45) is 2.98. The highest BCUT2D eigenvalue weighted by molar-refractivity contribution is 14.0. The van der Waals surface area contributed by atoms with Crippen molar-refractivity contribution in [3.63, 3.8) is 0 Å². The average molecular weight is 414 g/mol. The fraction of sp³-hybridized carbons (Fsp3) is 0.471. The first-order valence-corrected chi connectivity index (χ1v) is 7.74. The molecule has 2 rings (SSSR count). The smallest absolute Gasteiger partial charge is 0.191 e. The van der Waals surface area contributed by atoms with E-state index in [0.717, 1.165) is 38.6 Å². The number of benzene rings is 1. The van der Waals surface area contributed by atoms with Crippen LogP contribution < -0.4 is 15.5 Å². The highest BCUT2D eigenvalue weighted by Crippen LogP contribution is 2.29. The van der Waals surface area contributed by atoms with E-state index in [9.17, 15) is 0 Å². The van der Waals surface area contributed by atoms with Gasteiger partial charge in [0.1, 0.15) is 0 Å². The molecular formula is C17H27IN4. The largest absolute Gasteiger partial charge is 0.366 e. The third kappa shape index (κ3) is 4.90. The summed E-state index contributed by atoms with van der Waals surface area (Å²) in [7, 11) is 0. The molecule has 2 N–H and O–H groups in total. The number of hydrogen-bond acceptors (Lipinski definition) is 2. The van der Waals surface area contributed by atoms with Crippen LogP contribution in [0.4, 0.5) is 5.69 Å². The van der Waals surface area contributed by atoms with E-state index >= 15 is 0 Å². The zero-order chi connectivity index (χ0) is 15.1. The molecule has 1 unspecified atom stereocenters. The Kier molecular flexibility index (Phi) is 8.30.